The molecule has 2 aromatic rings. The molecule has 23 heavy (non-hydrogen) atoms. The molecule has 0 aromatic carbocycles. The van der Waals surface area contributed by atoms with Crippen molar-refractivity contribution < 1.29 is 21.6 Å². The molecule has 0 radical (unpaired) electrons. The average molecular weight is 414 g/mol. The van der Waals surface area contributed by atoms with E-state index in [-0.39, 0.29) is 22.2 Å². The van der Waals surface area contributed by atoms with Gasteiger partial charge in [0, 0.05) is 22.7 Å². The molecule has 0 bridgehead atoms. The number of pyridine rings is 2. The van der Waals surface area contributed by atoms with Crippen molar-refractivity contribution in [3.8, 4) is 17.1 Å². The molecule has 2 rings (SSSR count). The number of hydrogen-bond acceptors (Lipinski definition) is 3. The standard InChI is InChI=1S/C16H20Cl2N2OSi.Ni/c1-9(2)22(10(3)4)16-14(18)12(17)8-20-15(16)13-6-5-11(21)7-19-13;/h5-10,21-22H,1-4H3;. The van der Waals surface area contributed by atoms with Crippen molar-refractivity contribution in [1.82, 2.24) is 9.97 Å². The van der Waals surface area contributed by atoms with Crippen molar-refractivity contribution in [2.45, 2.75) is 38.8 Å². The molecule has 0 spiro atoms. The van der Waals surface area contributed by atoms with Gasteiger partial charge in [-0.1, -0.05) is 50.9 Å². The summed E-state index contributed by atoms with van der Waals surface area (Å²) in [5, 5.41) is 11.6. The largest absolute Gasteiger partial charge is 0.506 e. The Morgan fingerprint density at radius 1 is 1.00 bits per heavy atom. The van der Waals surface area contributed by atoms with Crippen LogP contribution in [0.1, 0.15) is 27.7 Å². The first-order valence-electron chi connectivity index (χ1n) is 7.32. The van der Waals surface area contributed by atoms with Crippen LogP contribution in [-0.4, -0.2) is 23.9 Å². The minimum absolute atomic E-state index is 0. The van der Waals surface area contributed by atoms with Gasteiger partial charge in [-0.05, 0) is 28.4 Å². The molecule has 7 heteroatoms. The van der Waals surface area contributed by atoms with E-state index in [4.69, 9.17) is 23.2 Å². The quantitative estimate of drug-likeness (QED) is 0.755. The second-order valence-corrected chi connectivity index (χ2v) is 11.2. The maximum absolute atomic E-state index is 9.44. The molecule has 0 aliphatic heterocycles. The fraction of sp³-hybridized carbons (Fsp3) is 0.375. The van der Waals surface area contributed by atoms with Crippen LogP contribution >= 0.6 is 23.2 Å². The van der Waals surface area contributed by atoms with Crippen LogP contribution in [0.15, 0.2) is 24.5 Å². The van der Waals surface area contributed by atoms with Crippen molar-refractivity contribution in [3.05, 3.63) is 34.6 Å². The summed E-state index contributed by atoms with van der Waals surface area (Å²) in [7, 11) is -1.41. The summed E-state index contributed by atoms with van der Waals surface area (Å²) >= 11 is 12.8. The smallest absolute Gasteiger partial charge is 0.133 e. The molecule has 0 amide bonds. The maximum atomic E-state index is 9.44. The van der Waals surface area contributed by atoms with E-state index in [9.17, 15) is 5.11 Å². The summed E-state index contributed by atoms with van der Waals surface area (Å²) in [5.74, 6) is 0.131. The molecular weight excluding hydrogens is 394 g/mol. The number of rotatable bonds is 4. The zero-order chi connectivity index (χ0) is 16.4. The number of hydrogen-bond donors (Lipinski definition) is 1. The van der Waals surface area contributed by atoms with Gasteiger partial charge in [-0.2, -0.15) is 0 Å². The van der Waals surface area contributed by atoms with Crippen LogP contribution in [0, 0.1) is 0 Å². The molecule has 0 fully saturated rings. The molecule has 0 saturated carbocycles. The number of nitrogens with zero attached hydrogens (tertiary/aromatic N) is 2. The van der Waals surface area contributed by atoms with E-state index in [1.54, 1.807) is 18.3 Å². The molecular formula is C16H20Cl2N2NiOSi. The third-order valence-corrected chi connectivity index (χ3v) is 8.84. The van der Waals surface area contributed by atoms with Crippen LogP contribution in [0.5, 0.6) is 5.75 Å². The van der Waals surface area contributed by atoms with Gasteiger partial charge in [-0.3, -0.25) is 9.97 Å². The van der Waals surface area contributed by atoms with E-state index in [1.165, 1.54) is 6.20 Å². The Hall–Kier alpha value is -0.610. The van der Waals surface area contributed by atoms with Gasteiger partial charge in [0.1, 0.15) is 5.75 Å². The van der Waals surface area contributed by atoms with Gasteiger partial charge in [0.15, 0.2) is 0 Å². The van der Waals surface area contributed by atoms with Crippen molar-refractivity contribution in [3.63, 3.8) is 0 Å². The van der Waals surface area contributed by atoms with Crippen LogP contribution in [0.2, 0.25) is 21.1 Å². The summed E-state index contributed by atoms with van der Waals surface area (Å²) < 4.78 is 0. The number of aromatic hydroxyl groups is 1. The van der Waals surface area contributed by atoms with E-state index in [2.05, 4.69) is 37.7 Å². The first-order chi connectivity index (χ1) is 10.3. The summed E-state index contributed by atoms with van der Waals surface area (Å²) in [6, 6.07) is 3.37. The van der Waals surface area contributed by atoms with Gasteiger partial charge in [-0.25, -0.2) is 0 Å². The maximum Gasteiger partial charge on any atom is 0.133 e. The first kappa shape index (κ1) is 20.4. The normalized spacial score (nSPS) is 11.2. The Balaban J connectivity index is 0.00000264. The van der Waals surface area contributed by atoms with Gasteiger partial charge in [0.05, 0.1) is 36.4 Å². The fourth-order valence-electron chi connectivity index (χ4n) is 2.95. The van der Waals surface area contributed by atoms with E-state index >= 15 is 0 Å². The van der Waals surface area contributed by atoms with Crippen molar-refractivity contribution in [2.24, 2.45) is 0 Å². The number of aromatic nitrogens is 2. The molecule has 0 aliphatic carbocycles. The average Bonchev–Trinajstić information content (AvgIpc) is 2.44. The van der Waals surface area contributed by atoms with E-state index in [0.717, 1.165) is 10.9 Å². The predicted octanol–water partition coefficient (Wildman–Crippen LogP) is 4.41. The Morgan fingerprint density at radius 2 is 1.61 bits per heavy atom. The Labute approximate surface area is 159 Å². The minimum atomic E-state index is -1.41. The second-order valence-electron chi connectivity index (χ2n) is 6.10. The van der Waals surface area contributed by atoms with Gasteiger partial charge in [0.2, 0.25) is 0 Å². The summed E-state index contributed by atoms with van der Waals surface area (Å²) in [6.45, 7) is 8.90. The Morgan fingerprint density at radius 3 is 2.09 bits per heavy atom. The van der Waals surface area contributed by atoms with Crippen LogP contribution in [-0.2, 0) is 16.5 Å². The molecule has 128 valence electrons. The zero-order valence-corrected chi connectivity index (χ0v) is 17.1. The van der Waals surface area contributed by atoms with Gasteiger partial charge in [0.25, 0.3) is 0 Å². The van der Waals surface area contributed by atoms with Gasteiger partial charge in [-0.15, -0.1) is 0 Å². The van der Waals surface area contributed by atoms with Crippen LogP contribution in [0.4, 0.5) is 0 Å². The van der Waals surface area contributed by atoms with Crippen LogP contribution in [0.3, 0.4) is 0 Å². The Kier molecular flexibility index (Phi) is 7.53. The first-order valence-corrected chi connectivity index (χ1v) is 9.98. The van der Waals surface area contributed by atoms with Crippen molar-refractivity contribution in [2.75, 3.05) is 0 Å². The SMILES string of the molecule is CC(C)[SiH](c1c(-c2ccc(O)cn2)ncc(Cl)c1Cl)C(C)C.[Ni]. The van der Waals surface area contributed by atoms with Crippen LogP contribution in [0.25, 0.3) is 11.4 Å². The molecule has 0 saturated heterocycles. The third kappa shape index (κ3) is 4.48. The van der Waals surface area contributed by atoms with E-state index in [1.807, 2.05) is 0 Å². The van der Waals surface area contributed by atoms with Gasteiger partial charge >= 0.3 is 0 Å². The van der Waals surface area contributed by atoms with Crippen LogP contribution < -0.4 is 5.19 Å². The molecule has 2 heterocycles. The molecule has 0 unspecified atom stereocenters. The molecule has 1 N–H and O–H groups in total. The topological polar surface area (TPSA) is 46.0 Å². The zero-order valence-electron chi connectivity index (χ0n) is 13.5. The molecule has 2 aromatic heterocycles. The summed E-state index contributed by atoms with van der Waals surface area (Å²) in [4.78, 5) is 8.79. The summed E-state index contributed by atoms with van der Waals surface area (Å²) in [5.41, 5.74) is 2.54. The van der Waals surface area contributed by atoms with Crippen molar-refractivity contribution >= 4 is 37.2 Å². The molecule has 0 aliphatic rings. The fourth-order valence-corrected chi connectivity index (χ4v) is 7.57. The predicted molar refractivity (Wildman–Crippen MR) is 96.1 cm³/mol. The monoisotopic (exact) mass is 412 g/mol. The third-order valence-electron chi connectivity index (χ3n) is 3.77. The van der Waals surface area contributed by atoms with Crippen molar-refractivity contribution in [1.29, 1.82) is 0 Å². The Bertz CT molecular complexity index is 658. The van der Waals surface area contributed by atoms with E-state index in [0.29, 0.717) is 26.8 Å². The van der Waals surface area contributed by atoms with Gasteiger partial charge < -0.3 is 5.11 Å². The molecule has 3 nitrogen and oxygen atoms in total. The minimum Gasteiger partial charge on any atom is -0.506 e. The second kappa shape index (κ2) is 8.48. The summed E-state index contributed by atoms with van der Waals surface area (Å²) in [6.07, 6.45) is 2.99. The van der Waals surface area contributed by atoms with E-state index < -0.39 is 8.80 Å². The number of halogens is 2. The molecule has 0 atom stereocenters.